The largest absolute Gasteiger partial charge is 0.332 e. The maximum Gasteiger partial charge on any atom is 0.175 e. The average molecular weight is 325 g/mol. The molecule has 0 unspecified atom stereocenters. The van der Waals surface area contributed by atoms with Crippen LogP contribution in [0.25, 0.3) is 0 Å². The first-order valence-corrected chi connectivity index (χ1v) is 7.23. The molecule has 0 aromatic heterocycles. The number of rotatable bonds is 2. The Morgan fingerprint density at radius 1 is 0.850 bits per heavy atom. The Hall–Kier alpha value is -1.29. The summed E-state index contributed by atoms with van der Waals surface area (Å²) in [6, 6.07) is 11.3. The molecule has 0 aliphatic rings. The van der Waals surface area contributed by atoms with Crippen molar-refractivity contribution in [2.75, 3.05) is 10.6 Å². The third-order valence-corrected chi connectivity index (χ3v) is 4.05. The van der Waals surface area contributed by atoms with Gasteiger partial charge in [0.1, 0.15) is 0 Å². The minimum absolute atomic E-state index is 0.501. The van der Waals surface area contributed by atoms with Crippen molar-refractivity contribution in [1.29, 1.82) is 0 Å². The van der Waals surface area contributed by atoms with E-state index in [1.54, 1.807) is 0 Å². The Bertz CT molecular complexity index is 601. The zero-order valence-corrected chi connectivity index (χ0v) is 13.5. The van der Waals surface area contributed by atoms with Crippen LogP contribution in [0.1, 0.15) is 11.1 Å². The molecule has 0 atom stereocenters. The van der Waals surface area contributed by atoms with Crippen LogP contribution in [0, 0.1) is 13.8 Å². The third kappa shape index (κ3) is 3.42. The minimum Gasteiger partial charge on any atom is -0.332 e. The molecule has 2 nitrogen and oxygen atoms in total. The van der Waals surface area contributed by atoms with Gasteiger partial charge in [0.2, 0.25) is 0 Å². The van der Waals surface area contributed by atoms with Crippen molar-refractivity contribution in [3.8, 4) is 0 Å². The van der Waals surface area contributed by atoms with Crippen molar-refractivity contribution < 1.29 is 0 Å². The molecule has 2 rings (SSSR count). The molecule has 0 heterocycles. The lowest BCUT2D eigenvalue weighted by Gasteiger charge is -2.15. The SMILES string of the molecule is Cc1c(Cl)cccc1NC(=S)Nc1cccc(Cl)c1C. The van der Waals surface area contributed by atoms with Crippen LogP contribution in [-0.2, 0) is 0 Å². The fourth-order valence-corrected chi connectivity index (χ4v) is 2.33. The standard InChI is InChI=1S/C15H14Cl2N2S/c1-9-11(16)5-3-7-13(9)18-15(20)19-14-8-4-6-12(17)10(14)2/h3-8H,1-2H3,(H2,18,19,20). The number of hydrogen-bond donors (Lipinski definition) is 2. The van der Waals surface area contributed by atoms with Crippen molar-refractivity contribution >= 4 is 51.9 Å². The first-order valence-electron chi connectivity index (χ1n) is 6.07. The molecular weight excluding hydrogens is 311 g/mol. The molecule has 2 aromatic rings. The van der Waals surface area contributed by atoms with Gasteiger partial charge in [-0.05, 0) is 61.5 Å². The van der Waals surface area contributed by atoms with Crippen LogP contribution in [0.4, 0.5) is 11.4 Å². The van der Waals surface area contributed by atoms with E-state index in [4.69, 9.17) is 35.4 Å². The lowest BCUT2D eigenvalue weighted by molar-refractivity contribution is 1.43. The van der Waals surface area contributed by atoms with E-state index in [1.807, 2.05) is 50.2 Å². The summed E-state index contributed by atoms with van der Waals surface area (Å²) in [5.41, 5.74) is 3.69. The Balaban J connectivity index is 2.13. The van der Waals surface area contributed by atoms with Gasteiger partial charge in [0, 0.05) is 21.4 Å². The molecular formula is C15H14Cl2N2S. The highest BCUT2D eigenvalue weighted by Gasteiger charge is 2.06. The second-order valence-electron chi connectivity index (χ2n) is 4.40. The van der Waals surface area contributed by atoms with Crippen molar-refractivity contribution in [2.45, 2.75) is 13.8 Å². The van der Waals surface area contributed by atoms with Crippen LogP contribution in [-0.4, -0.2) is 5.11 Å². The summed E-state index contributed by atoms with van der Waals surface area (Å²) < 4.78 is 0. The molecule has 0 aliphatic carbocycles. The van der Waals surface area contributed by atoms with E-state index in [-0.39, 0.29) is 0 Å². The molecule has 0 radical (unpaired) electrons. The summed E-state index contributed by atoms with van der Waals surface area (Å²) in [4.78, 5) is 0. The first-order chi connectivity index (χ1) is 9.49. The first kappa shape index (κ1) is 15.1. The minimum atomic E-state index is 0.501. The van der Waals surface area contributed by atoms with Gasteiger partial charge in [0.05, 0.1) is 0 Å². The molecule has 0 saturated carbocycles. The molecule has 20 heavy (non-hydrogen) atoms. The van der Waals surface area contributed by atoms with Crippen LogP contribution < -0.4 is 10.6 Å². The Morgan fingerprint density at radius 3 is 1.65 bits per heavy atom. The normalized spacial score (nSPS) is 10.2. The second-order valence-corrected chi connectivity index (χ2v) is 5.63. The summed E-state index contributed by atoms with van der Waals surface area (Å²) >= 11 is 17.5. The fourth-order valence-electron chi connectivity index (χ4n) is 1.76. The quantitative estimate of drug-likeness (QED) is 0.721. The summed E-state index contributed by atoms with van der Waals surface area (Å²) in [6.45, 7) is 3.88. The number of thiocarbonyl (C=S) groups is 1. The average Bonchev–Trinajstić information content (AvgIpc) is 2.40. The monoisotopic (exact) mass is 324 g/mol. The number of hydrogen-bond acceptors (Lipinski definition) is 1. The van der Waals surface area contributed by atoms with E-state index in [0.717, 1.165) is 22.5 Å². The van der Waals surface area contributed by atoms with Crippen molar-refractivity contribution in [3.05, 3.63) is 57.6 Å². The van der Waals surface area contributed by atoms with E-state index >= 15 is 0 Å². The van der Waals surface area contributed by atoms with Gasteiger partial charge in [-0.2, -0.15) is 0 Å². The molecule has 0 fully saturated rings. The van der Waals surface area contributed by atoms with Gasteiger partial charge >= 0.3 is 0 Å². The summed E-state index contributed by atoms with van der Waals surface area (Å²) in [6.07, 6.45) is 0. The Labute approximate surface area is 134 Å². The van der Waals surface area contributed by atoms with Crippen LogP contribution in [0.15, 0.2) is 36.4 Å². The van der Waals surface area contributed by atoms with Crippen molar-refractivity contribution in [2.24, 2.45) is 0 Å². The Morgan fingerprint density at radius 2 is 1.25 bits per heavy atom. The van der Waals surface area contributed by atoms with Crippen molar-refractivity contribution in [1.82, 2.24) is 0 Å². The topological polar surface area (TPSA) is 24.1 Å². The van der Waals surface area contributed by atoms with Crippen molar-refractivity contribution in [3.63, 3.8) is 0 Å². The highest BCUT2D eigenvalue weighted by atomic mass is 35.5. The number of nitrogens with one attached hydrogen (secondary N) is 2. The predicted molar refractivity (Wildman–Crippen MR) is 92.2 cm³/mol. The van der Waals surface area contributed by atoms with E-state index in [2.05, 4.69) is 10.6 Å². The van der Waals surface area contributed by atoms with Gasteiger partial charge in [0.25, 0.3) is 0 Å². The number of anilines is 2. The zero-order chi connectivity index (χ0) is 14.7. The molecule has 0 aliphatic heterocycles. The fraction of sp³-hybridized carbons (Fsp3) is 0.133. The maximum absolute atomic E-state index is 6.08. The lowest BCUT2D eigenvalue weighted by atomic mass is 10.2. The third-order valence-electron chi connectivity index (χ3n) is 3.03. The molecule has 0 amide bonds. The van der Waals surface area contributed by atoms with Gasteiger partial charge in [0.15, 0.2) is 5.11 Å². The van der Waals surface area contributed by atoms with Crippen LogP contribution in [0.2, 0.25) is 10.0 Å². The molecule has 104 valence electrons. The summed E-state index contributed by atoms with van der Waals surface area (Å²) in [5.74, 6) is 0. The highest BCUT2D eigenvalue weighted by molar-refractivity contribution is 7.80. The zero-order valence-electron chi connectivity index (χ0n) is 11.1. The Kier molecular flexibility index (Phi) is 4.86. The van der Waals surface area contributed by atoms with Crippen LogP contribution >= 0.6 is 35.4 Å². The van der Waals surface area contributed by atoms with E-state index < -0.39 is 0 Å². The van der Waals surface area contributed by atoms with Gasteiger partial charge < -0.3 is 10.6 Å². The molecule has 0 spiro atoms. The molecule has 2 N–H and O–H groups in total. The molecule has 0 bridgehead atoms. The molecule has 5 heteroatoms. The number of halogens is 2. The van der Waals surface area contributed by atoms with Gasteiger partial charge in [-0.15, -0.1) is 0 Å². The van der Waals surface area contributed by atoms with E-state index in [0.29, 0.717) is 15.2 Å². The van der Waals surface area contributed by atoms with Gasteiger partial charge in [-0.25, -0.2) is 0 Å². The predicted octanol–water partition coefficient (Wildman–Crippen LogP) is 5.42. The van der Waals surface area contributed by atoms with E-state index in [9.17, 15) is 0 Å². The molecule has 0 saturated heterocycles. The summed E-state index contributed by atoms with van der Waals surface area (Å²) in [7, 11) is 0. The van der Waals surface area contributed by atoms with Gasteiger partial charge in [-0.3, -0.25) is 0 Å². The van der Waals surface area contributed by atoms with Crippen LogP contribution in [0.5, 0.6) is 0 Å². The lowest BCUT2D eigenvalue weighted by Crippen LogP contribution is -2.20. The smallest absolute Gasteiger partial charge is 0.175 e. The van der Waals surface area contributed by atoms with E-state index in [1.165, 1.54) is 0 Å². The molecule has 2 aromatic carbocycles. The number of benzene rings is 2. The highest BCUT2D eigenvalue weighted by Crippen LogP contribution is 2.25. The summed E-state index contributed by atoms with van der Waals surface area (Å²) in [5, 5.41) is 8.19. The second kappa shape index (κ2) is 6.44. The van der Waals surface area contributed by atoms with Gasteiger partial charge in [-0.1, -0.05) is 35.3 Å². The maximum atomic E-state index is 6.08. The van der Waals surface area contributed by atoms with Crippen LogP contribution in [0.3, 0.4) is 0 Å².